The standard InChI is InChI=1S/C14H14N4O6/c1-17(14(21)16-8-3-4-8)13(20)10-7(6-15)5-9(24-2)12(19)11(10)18(22)23/h5,8,19H,3-4H2,1-2H3,(H,16,21). The highest BCUT2D eigenvalue weighted by molar-refractivity contribution is 6.09. The van der Waals surface area contributed by atoms with E-state index >= 15 is 0 Å². The van der Waals surface area contributed by atoms with E-state index in [4.69, 9.17) is 4.74 Å². The summed E-state index contributed by atoms with van der Waals surface area (Å²) in [5, 5.41) is 32.9. The molecule has 126 valence electrons. The summed E-state index contributed by atoms with van der Waals surface area (Å²) < 4.78 is 4.77. The van der Waals surface area contributed by atoms with Gasteiger partial charge in [0, 0.05) is 19.2 Å². The molecule has 0 aliphatic heterocycles. The minimum atomic E-state index is -1.07. The Morgan fingerprint density at radius 1 is 1.54 bits per heavy atom. The van der Waals surface area contributed by atoms with Crippen molar-refractivity contribution in [2.24, 2.45) is 0 Å². The molecule has 1 aliphatic carbocycles. The molecule has 0 bridgehead atoms. The van der Waals surface area contributed by atoms with Crippen molar-refractivity contribution in [3.05, 3.63) is 27.3 Å². The van der Waals surface area contributed by atoms with Crippen molar-refractivity contribution < 1.29 is 24.4 Å². The van der Waals surface area contributed by atoms with Crippen LogP contribution in [-0.4, -0.2) is 47.1 Å². The number of imide groups is 1. The van der Waals surface area contributed by atoms with Crippen LogP contribution in [-0.2, 0) is 0 Å². The Bertz CT molecular complexity index is 766. The van der Waals surface area contributed by atoms with Crippen molar-refractivity contribution in [3.8, 4) is 17.6 Å². The van der Waals surface area contributed by atoms with E-state index in [-0.39, 0.29) is 17.4 Å². The molecule has 2 N–H and O–H groups in total. The van der Waals surface area contributed by atoms with Gasteiger partial charge in [-0.1, -0.05) is 0 Å². The van der Waals surface area contributed by atoms with Crippen LogP contribution < -0.4 is 10.1 Å². The predicted octanol–water partition coefficient (Wildman–Crippen LogP) is 1.12. The van der Waals surface area contributed by atoms with E-state index < -0.39 is 33.9 Å². The first-order valence-electron chi connectivity index (χ1n) is 6.88. The van der Waals surface area contributed by atoms with E-state index in [1.54, 1.807) is 6.07 Å². The molecule has 1 aliphatic rings. The molecule has 0 spiro atoms. The molecule has 10 nitrogen and oxygen atoms in total. The van der Waals surface area contributed by atoms with Crippen LogP contribution in [0.25, 0.3) is 0 Å². The summed E-state index contributed by atoms with van der Waals surface area (Å²) in [6.07, 6.45) is 1.58. The number of nitro groups is 1. The molecule has 0 saturated heterocycles. The van der Waals surface area contributed by atoms with Crippen molar-refractivity contribution in [2.45, 2.75) is 18.9 Å². The fourth-order valence-electron chi connectivity index (χ4n) is 2.03. The van der Waals surface area contributed by atoms with Crippen molar-refractivity contribution in [2.75, 3.05) is 14.2 Å². The van der Waals surface area contributed by atoms with Gasteiger partial charge in [-0.15, -0.1) is 0 Å². The van der Waals surface area contributed by atoms with Crippen molar-refractivity contribution in [3.63, 3.8) is 0 Å². The van der Waals surface area contributed by atoms with Crippen LogP contribution in [0.3, 0.4) is 0 Å². The summed E-state index contributed by atoms with van der Waals surface area (Å²) in [6, 6.07) is 1.88. The SMILES string of the molecule is COc1cc(C#N)c(C(=O)N(C)C(=O)NC2CC2)c([N+](=O)[O-])c1O. The van der Waals surface area contributed by atoms with Gasteiger partial charge in [-0.2, -0.15) is 5.26 Å². The Balaban J connectivity index is 2.52. The number of carbonyl (C=O) groups excluding carboxylic acids is 2. The van der Waals surface area contributed by atoms with Gasteiger partial charge in [0.1, 0.15) is 11.6 Å². The largest absolute Gasteiger partial charge is 0.499 e. The van der Waals surface area contributed by atoms with Gasteiger partial charge < -0.3 is 15.2 Å². The molecule has 0 aromatic heterocycles. The first-order valence-corrected chi connectivity index (χ1v) is 6.88. The van der Waals surface area contributed by atoms with Crippen LogP contribution in [0.4, 0.5) is 10.5 Å². The first-order chi connectivity index (χ1) is 11.3. The molecule has 0 atom stereocenters. The maximum Gasteiger partial charge on any atom is 0.328 e. The number of nitriles is 1. The summed E-state index contributed by atoms with van der Waals surface area (Å²) in [5.41, 5.74) is -2.04. The second kappa shape index (κ2) is 6.41. The van der Waals surface area contributed by atoms with Gasteiger partial charge in [-0.05, 0) is 12.8 Å². The van der Waals surface area contributed by atoms with E-state index in [9.17, 15) is 30.1 Å². The number of phenols is 1. The van der Waals surface area contributed by atoms with Gasteiger partial charge in [0.25, 0.3) is 5.91 Å². The van der Waals surface area contributed by atoms with Crippen LogP contribution in [0.1, 0.15) is 28.8 Å². The summed E-state index contributed by atoms with van der Waals surface area (Å²) >= 11 is 0. The number of aromatic hydroxyl groups is 1. The zero-order valence-electron chi connectivity index (χ0n) is 12.9. The number of nitrogens with one attached hydrogen (secondary N) is 1. The second-order valence-electron chi connectivity index (χ2n) is 5.16. The lowest BCUT2D eigenvalue weighted by Gasteiger charge is -2.17. The lowest BCUT2D eigenvalue weighted by atomic mass is 10.0. The summed E-state index contributed by atoms with van der Waals surface area (Å²) in [6.45, 7) is 0. The summed E-state index contributed by atoms with van der Waals surface area (Å²) in [7, 11) is 2.28. The van der Waals surface area contributed by atoms with Crippen LogP contribution in [0, 0.1) is 21.4 Å². The number of carbonyl (C=O) groups is 2. The molecule has 0 radical (unpaired) electrons. The number of urea groups is 1. The zero-order chi connectivity index (χ0) is 18.0. The average Bonchev–Trinajstić information content (AvgIpc) is 3.36. The van der Waals surface area contributed by atoms with Gasteiger partial charge in [0.05, 0.1) is 17.6 Å². The molecule has 2 rings (SSSR count). The molecule has 1 aromatic carbocycles. The molecule has 0 heterocycles. The average molecular weight is 334 g/mol. The van der Waals surface area contributed by atoms with Crippen LogP contribution in [0.5, 0.6) is 11.5 Å². The number of nitro benzene ring substituents is 1. The first kappa shape index (κ1) is 17.0. The van der Waals surface area contributed by atoms with Gasteiger partial charge in [0.2, 0.25) is 5.75 Å². The Morgan fingerprint density at radius 3 is 2.62 bits per heavy atom. The van der Waals surface area contributed by atoms with Crippen LogP contribution >= 0.6 is 0 Å². The number of methoxy groups -OCH3 is 1. The third kappa shape index (κ3) is 3.05. The number of rotatable bonds is 4. The quantitative estimate of drug-likeness (QED) is 0.619. The third-order valence-corrected chi connectivity index (χ3v) is 3.49. The lowest BCUT2D eigenvalue weighted by Crippen LogP contribution is -2.42. The Morgan fingerprint density at radius 2 is 2.17 bits per heavy atom. The molecule has 1 aromatic rings. The number of nitrogens with zero attached hydrogens (tertiary/aromatic N) is 3. The van der Waals surface area contributed by atoms with Gasteiger partial charge in [-0.25, -0.2) is 4.79 Å². The molecule has 10 heteroatoms. The maximum atomic E-state index is 12.5. The van der Waals surface area contributed by atoms with E-state index in [0.717, 1.165) is 33.1 Å². The minimum Gasteiger partial charge on any atom is -0.499 e. The molecule has 1 fully saturated rings. The third-order valence-electron chi connectivity index (χ3n) is 3.49. The van der Waals surface area contributed by atoms with E-state index in [1.807, 2.05) is 0 Å². The van der Waals surface area contributed by atoms with Crippen LogP contribution in [0.2, 0.25) is 0 Å². The maximum absolute atomic E-state index is 12.5. The monoisotopic (exact) mass is 334 g/mol. The van der Waals surface area contributed by atoms with Crippen molar-refractivity contribution in [1.82, 2.24) is 10.2 Å². The number of hydrogen-bond acceptors (Lipinski definition) is 7. The second-order valence-corrected chi connectivity index (χ2v) is 5.16. The summed E-state index contributed by atoms with van der Waals surface area (Å²) in [4.78, 5) is 35.4. The van der Waals surface area contributed by atoms with E-state index in [1.165, 1.54) is 0 Å². The summed E-state index contributed by atoms with van der Waals surface area (Å²) in [5.74, 6) is -2.28. The highest BCUT2D eigenvalue weighted by Crippen LogP contribution is 2.41. The normalized spacial score (nSPS) is 12.9. The smallest absolute Gasteiger partial charge is 0.328 e. The predicted molar refractivity (Wildman–Crippen MR) is 79.7 cm³/mol. The molecule has 1 saturated carbocycles. The number of ether oxygens (including phenoxy) is 1. The molecular weight excluding hydrogens is 320 g/mol. The molecule has 0 unspecified atom stereocenters. The Labute approximate surface area is 136 Å². The molecule has 24 heavy (non-hydrogen) atoms. The van der Waals surface area contributed by atoms with Crippen molar-refractivity contribution in [1.29, 1.82) is 5.26 Å². The zero-order valence-corrected chi connectivity index (χ0v) is 12.9. The van der Waals surface area contributed by atoms with Gasteiger partial charge >= 0.3 is 11.7 Å². The van der Waals surface area contributed by atoms with Gasteiger partial charge in [0.15, 0.2) is 5.75 Å². The molecular formula is C14H14N4O6. The highest BCUT2D eigenvalue weighted by Gasteiger charge is 2.36. The van der Waals surface area contributed by atoms with Crippen molar-refractivity contribution >= 4 is 17.6 Å². The topological polar surface area (TPSA) is 146 Å². The number of phenolic OH excluding ortho intramolecular Hbond substituents is 1. The Hall–Kier alpha value is -3.35. The number of hydrogen-bond donors (Lipinski definition) is 2. The van der Waals surface area contributed by atoms with Crippen LogP contribution in [0.15, 0.2) is 6.07 Å². The van der Waals surface area contributed by atoms with E-state index in [0.29, 0.717) is 4.90 Å². The number of benzene rings is 1. The fourth-order valence-corrected chi connectivity index (χ4v) is 2.03. The fraction of sp³-hybridized carbons (Fsp3) is 0.357. The Kier molecular flexibility index (Phi) is 4.54. The highest BCUT2D eigenvalue weighted by atomic mass is 16.6. The van der Waals surface area contributed by atoms with E-state index in [2.05, 4.69) is 5.32 Å². The van der Waals surface area contributed by atoms with Gasteiger partial charge in [-0.3, -0.25) is 19.8 Å². The molecule has 3 amide bonds. The number of amides is 3. The minimum absolute atomic E-state index is 0.0255. The lowest BCUT2D eigenvalue weighted by molar-refractivity contribution is -0.386.